The fourth-order valence-corrected chi connectivity index (χ4v) is 2.00. The molecule has 0 aromatic heterocycles. The smallest absolute Gasteiger partial charge is 0.0661 e. The van der Waals surface area contributed by atoms with E-state index in [1.54, 1.807) is 11.8 Å². The molecule has 0 heterocycles. The van der Waals surface area contributed by atoms with E-state index in [0.29, 0.717) is 6.04 Å². The molecule has 0 fully saturated rings. The van der Waals surface area contributed by atoms with Crippen LogP contribution in [-0.2, 0) is 4.74 Å². The van der Waals surface area contributed by atoms with Gasteiger partial charge in [-0.2, -0.15) is 0 Å². The van der Waals surface area contributed by atoms with E-state index in [1.165, 1.54) is 10.5 Å². The summed E-state index contributed by atoms with van der Waals surface area (Å²) in [5.41, 5.74) is 1.30. The van der Waals surface area contributed by atoms with Gasteiger partial charge in [0.15, 0.2) is 0 Å². The first-order valence-corrected chi connectivity index (χ1v) is 6.99. The van der Waals surface area contributed by atoms with Crippen molar-refractivity contribution in [1.29, 1.82) is 0 Å². The Morgan fingerprint density at radius 3 is 2.44 bits per heavy atom. The average molecular weight is 239 g/mol. The lowest BCUT2D eigenvalue weighted by molar-refractivity contribution is 0.123. The van der Waals surface area contributed by atoms with Gasteiger partial charge in [0.05, 0.1) is 12.6 Å². The highest BCUT2D eigenvalue weighted by molar-refractivity contribution is 7.98. The molecule has 1 rings (SSSR count). The highest BCUT2D eigenvalue weighted by Gasteiger charge is 2.09. The van der Waals surface area contributed by atoms with Gasteiger partial charge in [-0.3, -0.25) is 0 Å². The summed E-state index contributed by atoms with van der Waals surface area (Å²) in [4.78, 5) is 1.30. The third-order valence-corrected chi connectivity index (χ3v) is 3.20. The minimum Gasteiger partial charge on any atom is -0.380 e. The van der Waals surface area contributed by atoms with Gasteiger partial charge in [0.1, 0.15) is 0 Å². The predicted octanol–water partition coefficient (Wildman–Crippen LogP) is 3.10. The van der Waals surface area contributed by atoms with E-state index in [2.05, 4.69) is 42.8 Å². The van der Waals surface area contributed by atoms with E-state index in [4.69, 9.17) is 4.74 Å². The minimum atomic E-state index is 0.306. The van der Waals surface area contributed by atoms with Gasteiger partial charge in [0.2, 0.25) is 0 Å². The van der Waals surface area contributed by atoms with Crippen LogP contribution in [0.2, 0.25) is 0 Å². The predicted molar refractivity (Wildman–Crippen MR) is 71.1 cm³/mol. The summed E-state index contributed by atoms with van der Waals surface area (Å²) in [6.07, 6.45) is 2.09. The molecule has 0 bridgehead atoms. The van der Waals surface area contributed by atoms with Crippen molar-refractivity contribution < 1.29 is 4.74 Å². The van der Waals surface area contributed by atoms with Crippen molar-refractivity contribution in [2.24, 2.45) is 0 Å². The zero-order chi connectivity index (χ0) is 11.8. The number of hydrogen-bond donors (Lipinski definition) is 1. The highest BCUT2D eigenvalue weighted by Crippen LogP contribution is 2.19. The Balaban J connectivity index is 2.67. The van der Waals surface area contributed by atoms with Crippen LogP contribution in [0.5, 0.6) is 0 Å². The first-order chi connectivity index (χ1) is 7.81. The molecule has 3 heteroatoms. The normalized spacial score (nSPS) is 12.7. The van der Waals surface area contributed by atoms with E-state index in [9.17, 15) is 0 Å². The molecule has 1 aromatic rings. The van der Waals surface area contributed by atoms with Crippen molar-refractivity contribution in [3.63, 3.8) is 0 Å². The quantitative estimate of drug-likeness (QED) is 0.739. The molecule has 16 heavy (non-hydrogen) atoms. The van der Waals surface area contributed by atoms with Crippen molar-refractivity contribution in [3.8, 4) is 0 Å². The second kappa shape index (κ2) is 7.71. The summed E-state index contributed by atoms with van der Waals surface area (Å²) >= 11 is 1.77. The lowest BCUT2D eigenvalue weighted by Gasteiger charge is -2.18. The maximum atomic E-state index is 5.49. The molecule has 1 atom stereocenters. The van der Waals surface area contributed by atoms with Crippen LogP contribution in [-0.4, -0.2) is 26.0 Å². The summed E-state index contributed by atoms with van der Waals surface area (Å²) in [5.74, 6) is 0. The molecule has 1 aromatic carbocycles. The largest absolute Gasteiger partial charge is 0.380 e. The van der Waals surface area contributed by atoms with E-state index in [-0.39, 0.29) is 0 Å². The van der Waals surface area contributed by atoms with Crippen LogP contribution in [0.1, 0.15) is 25.5 Å². The second-order valence-electron chi connectivity index (χ2n) is 3.54. The SMILES string of the molecule is CCNC(COCC)c1ccc(SC)cc1. The number of likely N-dealkylation sites (N-methyl/N-ethyl adjacent to an activating group) is 1. The average Bonchev–Trinajstić information content (AvgIpc) is 2.35. The van der Waals surface area contributed by atoms with Crippen molar-refractivity contribution in [2.75, 3.05) is 26.0 Å². The number of hydrogen-bond acceptors (Lipinski definition) is 3. The third kappa shape index (κ3) is 4.16. The highest BCUT2D eigenvalue weighted by atomic mass is 32.2. The molecule has 0 amide bonds. The van der Waals surface area contributed by atoms with Crippen molar-refractivity contribution in [2.45, 2.75) is 24.8 Å². The number of thioether (sulfide) groups is 1. The van der Waals surface area contributed by atoms with Gasteiger partial charge >= 0.3 is 0 Å². The van der Waals surface area contributed by atoms with E-state index in [1.807, 2.05) is 6.92 Å². The number of nitrogens with one attached hydrogen (secondary N) is 1. The lowest BCUT2D eigenvalue weighted by Crippen LogP contribution is -2.25. The molecule has 90 valence electrons. The van der Waals surface area contributed by atoms with Crippen LogP contribution in [0.25, 0.3) is 0 Å². The molecule has 0 saturated carbocycles. The summed E-state index contributed by atoms with van der Waals surface area (Å²) in [5, 5.41) is 3.44. The molecule has 0 aliphatic heterocycles. The fourth-order valence-electron chi connectivity index (χ4n) is 1.59. The molecule has 1 unspecified atom stereocenters. The van der Waals surface area contributed by atoms with Crippen LogP contribution >= 0.6 is 11.8 Å². The summed E-state index contributed by atoms with van der Waals surface area (Å²) in [6, 6.07) is 8.99. The molecular weight excluding hydrogens is 218 g/mol. The first-order valence-electron chi connectivity index (χ1n) is 5.76. The number of rotatable bonds is 7. The van der Waals surface area contributed by atoms with Crippen LogP contribution < -0.4 is 5.32 Å². The maximum absolute atomic E-state index is 5.49. The van der Waals surface area contributed by atoms with Gasteiger partial charge in [-0.05, 0) is 37.4 Å². The van der Waals surface area contributed by atoms with Gasteiger partial charge in [-0.1, -0.05) is 19.1 Å². The van der Waals surface area contributed by atoms with Crippen LogP contribution in [0, 0.1) is 0 Å². The minimum absolute atomic E-state index is 0.306. The Kier molecular flexibility index (Phi) is 6.53. The summed E-state index contributed by atoms with van der Waals surface area (Å²) in [7, 11) is 0. The summed E-state index contributed by atoms with van der Waals surface area (Å²) in [6.45, 7) is 6.62. The number of benzene rings is 1. The van der Waals surface area contributed by atoms with Crippen molar-refractivity contribution >= 4 is 11.8 Å². The topological polar surface area (TPSA) is 21.3 Å². The van der Waals surface area contributed by atoms with Crippen molar-refractivity contribution in [3.05, 3.63) is 29.8 Å². The van der Waals surface area contributed by atoms with Gasteiger partial charge in [-0.25, -0.2) is 0 Å². The molecule has 1 N–H and O–H groups in total. The van der Waals surface area contributed by atoms with E-state index >= 15 is 0 Å². The van der Waals surface area contributed by atoms with E-state index < -0.39 is 0 Å². The van der Waals surface area contributed by atoms with E-state index in [0.717, 1.165) is 19.8 Å². The van der Waals surface area contributed by atoms with Crippen LogP contribution in [0.4, 0.5) is 0 Å². The standard InChI is InChI=1S/C13H21NOS/c1-4-14-13(10-15-5-2)11-6-8-12(16-3)9-7-11/h6-9,13-14H,4-5,10H2,1-3H3. The molecule has 0 aliphatic carbocycles. The van der Waals surface area contributed by atoms with Crippen LogP contribution in [0.15, 0.2) is 29.2 Å². The second-order valence-corrected chi connectivity index (χ2v) is 4.42. The Bertz CT molecular complexity index is 286. The Morgan fingerprint density at radius 2 is 1.94 bits per heavy atom. The Labute approximate surface area is 103 Å². The molecule has 0 spiro atoms. The Morgan fingerprint density at radius 1 is 1.25 bits per heavy atom. The molecule has 2 nitrogen and oxygen atoms in total. The van der Waals surface area contributed by atoms with Gasteiger partial charge in [0, 0.05) is 11.5 Å². The first kappa shape index (κ1) is 13.6. The fraction of sp³-hybridized carbons (Fsp3) is 0.538. The van der Waals surface area contributed by atoms with Gasteiger partial charge in [0.25, 0.3) is 0 Å². The maximum Gasteiger partial charge on any atom is 0.0661 e. The molecular formula is C13H21NOS. The number of ether oxygens (including phenoxy) is 1. The zero-order valence-electron chi connectivity index (χ0n) is 10.3. The van der Waals surface area contributed by atoms with Gasteiger partial charge in [-0.15, -0.1) is 11.8 Å². The lowest BCUT2D eigenvalue weighted by atomic mass is 10.1. The monoisotopic (exact) mass is 239 g/mol. The third-order valence-electron chi connectivity index (χ3n) is 2.46. The zero-order valence-corrected chi connectivity index (χ0v) is 11.1. The molecule has 0 saturated heterocycles. The Hall–Kier alpha value is -0.510. The van der Waals surface area contributed by atoms with Crippen LogP contribution in [0.3, 0.4) is 0 Å². The van der Waals surface area contributed by atoms with Gasteiger partial charge < -0.3 is 10.1 Å². The summed E-state index contributed by atoms with van der Waals surface area (Å²) < 4.78 is 5.49. The molecule has 0 radical (unpaired) electrons. The van der Waals surface area contributed by atoms with Crippen molar-refractivity contribution in [1.82, 2.24) is 5.32 Å². The molecule has 0 aliphatic rings.